The topological polar surface area (TPSA) is 3.24 Å². The quantitative estimate of drug-likeness (QED) is 0.628. The van der Waals surface area contributed by atoms with Gasteiger partial charge in [-0.2, -0.15) is 12.6 Å². The Bertz CT molecular complexity index is 55.2. The van der Waals surface area contributed by atoms with E-state index >= 15 is 0 Å². The van der Waals surface area contributed by atoms with Crippen molar-refractivity contribution in [2.45, 2.75) is 21.8 Å². The van der Waals surface area contributed by atoms with Gasteiger partial charge in [0.2, 0.25) is 0 Å². The monoisotopic (exact) mass is 165 g/mol. The Kier molecular flexibility index (Phi) is 15.6. The molecule has 0 aromatic rings. The highest BCUT2D eigenvalue weighted by molar-refractivity contribution is 7.80. The fourth-order valence-corrected chi connectivity index (χ4v) is 0.797. The van der Waals surface area contributed by atoms with E-state index in [4.69, 9.17) is 0 Å². The van der Waals surface area contributed by atoms with Gasteiger partial charge in [0.1, 0.15) is 0 Å². The molecule has 0 saturated carbocycles. The summed E-state index contributed by atoms with van der Waals surface area (Å²) in [6.45, 7) is 3.34. The van der Waals surface area contributed by atoms with Gasteiger partial charge >= 0.3 is 0 Å². The molecule has 0 aromatic heterocycles. The zero-order valence-corrected chi connectivity index (χ0v) is 6.78. The molecule has 2 heteroatoms. The summed E-state index contributed by atoms with van der Waals surface area (Å²) in [5, 5.41) is 0. The fourth-order valence-electron chi connectivity index (χ4n) is 0.681. The maximum absolute atomic E-state index is 4.16. The lowest BCUT2D eigenvalue weighted by Gasteiger charge is -2.13. The van der Waals surface area contributed by atoms with Crippen molar-refractivity contribution in [3.05, 3.63) is 0 Å². The minimum absolute atomic E-state index is 0. The Morgan fingerprint density at radius 2 is 1.70 bits per heavy atom. The summed E-state index contributed by atoms with van der Waals surface area (Å²) in [6.07, 6.45) is 0. The number of thiol groups is 1. The average Bonchev–Trinajstić information content (AvgIpc) is 1.65. The third-order valence-electron chi connectivity index (χ3n) is 0.988. The molecule has 0 rings (SSSR count). The van der Waals surface area contributed by atoms with Gasteiger partial charge in [-0.05, 0) is 25.8 Å². The van der Waals surface area contributed by atoms with Crippen molar-refractivity contribution >= 4 is 12.6 Å². The zero-order chi connectivity index (χ0) is 6.57. The van der Waals surface area contributed by atoms with Crippen LogP contribution in [0.4, 0.5) is 0 Å². The normalized spacial score (nSPS) is 11.7. The Morgan fingerprint density at radius 3 is 1.80 bits per heavy atom. The van der Waals surface area contributed by atoms with Gasteiger partial charge < -0.3 is 4.90 Å². The molecule has 0 spiro atoms. The lowest BCUT2D eigenvalue weighted by molar-refractivity contribution is 0.357. The Labute approximate surface area is 72.2 Å². The van der Waals surface area contributed by atoms with E-state index in [1.807, 2.05) is 0 Å². The van der Waals surface area contributed by atoms with Crippen LogP contribution in [0, 0.1) is 5.92 Å². The van der Waals surface area contributed by atoms with Gasteiger partial charge in [0.25, 0.3) is 0 Å². The van der Waals surface area contributed by atoms with E-state index in [1.165, 1.54) is 0 Å². The van der Waals surface area contributed by atoms with Crippen LogP contribution in [0.2, 0.25) is 0 Å². The minimum Gasteiger partial charge on any atom is -0.309 e. The van der Waals surface area contributed by atoms with Crippen LogP contribution in [-0.4, -0.2) is 31.3 Å². The average molecular weight is 165 g/mol. The van der Waals surface area contributed by atoms with Gasteiger partial charge in [-0.3, -0.25) is 0 Å². The first-order valence-electron chi connectivity index (χ1n) is 2.92. The van der Waals surface area contributed by atoms with E-state index in [2.05, 4.69) is 38.5 Å². The fraction of sp³-hybridized carbons (Fsp3) is 1.00. The number of nitrogens with zero attached hydrogens (tertiary/aromatic N) is 1. The summed E-state index contributed by atoms with van der Waals surface area (Å²) in [5.41, 5.74) is 0. The molecule has 1 atom stereocenters. The molecule has 0 amide bonds. The predicted octanol–water partition coefficient (Wildman–Crippen LogP) is 2.39. The van der Waals surface area contributed by atoms with E-state index < -0.39 is 0 Å². The SMILES string of the molecule is C.C.CC(CS)CN(C)C. The van der Waals surface area contributed by atoms with E-state index in [-0.39, 0.29) is 14.9 Å². The first kappa shape index (κ1) is 16.7. The maximum Gasteiger partial charge on any atom is 0.000871 e. The van der Waals surface area contributed by atoms with Gasteiger partial charge in [0.15, 0.2) is 0 Å². The van der Waals surface area contributed by atoms with Crippen molar-refractivity contribution in [1.82, 2.24) is 4.90 Å². The van der Waals surface area contributed by atoms with Crippen molar-refractivity contribution in [1.29, 1.82) is 0 Å². The van der Waals surface area contributed by atoms with Gasteiger partial charge in [-0.1, -0.05) is 21.8 Å². The Balaban J connectivity index is -0.000000245. The summed E-state index contributed by atoms with van der Waals surface area (Å²) in [5.74, 6) is 1.70. The summed E-state index contributed by atoms with van der Waals surface area (Å²) in [4.78, 5) is 2.18. The van der Waals surface area contributed by atoms with E-state index in [1.54, 1.807) is 0 Å². The van der Waals surface area contributed by atoms with E-state index in [9.17, 15) is 0 Å². The van der Waals surface area contributed by atoms with E-state index in [0.29, 0.717) is 5.92 Å². The van der Waals surface area contributed by atoms with Crippen molar-refractivity contribution < 1.29 is 0 Å². The highest BCUT2D eigenvalue weighted by Crippen LogP contribution is 1.97. The summed E-state index contributed by atoms with van der Waals surface area (Å²) in [7, 11) is 4.17. The summed E-state index contributed by atoms with van der Waals surface area (Å²) < 4.78 is 0. The van der Waals surface area contributed by atoms with E-state index in [0.717, 1.165) is 12.3 Å². The van der Waals surface area contributed by atoms with Crippen molar-refractivity contribution in [2.75, 3.05) is 26.4 Å². The molecule has 1 nitrogen and oxygen atoms in total. The van der Waals surface area contributed by atoms with Gasteiger partial charge in [-0.15, -0.1) is 0 Å². The third-order valence-corrected chi connectivity index (χ3v) is 1.61. The van der Waals surface area contributed by atoms with Crippen LogP contribution in [0.1, 0.15) is 21.8 Å². The number of hydrogen-bond acceptors (Lipinski definition) is 2. The van der Waals surface area contributed by atoms with Crippen molar-refractivity contribution in [3.63, 3.8) is 0 Å². The standard InChI is InChI=1S/C6H15NS.2CH4/c1-6(5-8)4-7(2)3;;/h6,8H,4-5H2,1-3H3;2*1H4. The molecule has 0 radical (unpaired) electrons. The van der Waals surface area contributed by atoms with Crippen molar-refractivity contribution in [3.8, 4) is 0 Å². The second-order valence-electron chi connectivity index (χ2n) is 2.55. The van der Waals surface area contributed by atoms with Crippen LogP contribution in [0.5, 0.6) is 0 Å². The molecule has 0 bridgehead atoms. The maximum atomic E-state index is 4.16. The van der Waals surface area contributed by atoms with Crippen LogP contribution >= 0.6 is 12.6 Å². The first-order valence-corrected chi connectivity index (χ1v) is 3.55. The molecule has 66 valence electrons. The first-order chi connectivity index (χ1) is 3.66. The molecule has 0 heterocycles. The number of rotatable bonds is 3. The Morgan fingerprint density at radius 1 is 1.30 bits per heavy atom. The lowest BCUT2D eigenvalue weighted by Crippen LogP contribution is -2.20. The minimum atomic E-state index is 0. The van der Waals surface area contributed by atoms with Gasteiger partial charge in [-0.25, -0.2) is 0 Å². The van der Waals surface area contributed by atoms with Crippen LogP contribution in [0.3, 0.4) is 0 Å². The Hall–Kier alpha value is 0.310. The highest BCUT2D eigenvalue weighted by atomic mass is 32.1. The summed E-state index contributed by atoms with van der Waals surface area (Å²) in [6, 6.07) is 0. The molecule has 0 fully saturated rings. The van der Waals surface area contributed by atoms with Gasteiger partial charge in [0.05, 0.1) is 0 Å². The molecule has 0 aromatic carbocycles. The van der Waals surface area contributed by atoms with Crippen LogP contribution in [0.25, 0.3) is 0 Å². The molecule has 0 aliphatic rings. The molecule has 0 saturated heterocycles. The summed E-state index contributed by atoms with van der Waals surface area (Å²) >= 11 is 4.16. The molecule has 0 aliphatic carbocycles. The molecule has 0 N–H and O–H groups in total. The third kappa shape index (κ3) is 11.2. The second-order valence-corrected chi connectivity index (χ2v) is 2.92. The highest BCUT2D eigenvalue weighted by Gasteiger charge is 1.98. The van der Waals surface area contributed by atoms with Crippen LogP contribution in [-0.2, 0) is 0 Å². The molecular formula is C8H23NS. The molecule has 0 aliphatic heterocycles. The number of hydrogen-bond donors (Lipinski definition) is 1. The van der Waals surface area contributed by atoms with Crippen LogP contribution in [0.15, 0.2) is 0 Å². The molecule has 1 unspecified atom stereocenters. The largest absolute Gasteiger partial charge is 0.309 e. The van der Waals surface area contributed by atoms with Crippen molar-refractivity contribution in [2.24, 2.45) is 5.92 Å². The van der Waals surface area contributed by atoms with Crippen LogP contribution < -0.4 is 0 Å². The predicted molar refractivity (Wildman–Crippen MR) is 55.0 cm³/mol. The molecule has 10 heavy (non-hydrogen) atoms. The lowest BCUT2D eigenvalue weighted by atomic mass is 10.2. The zero-order valence-electron chi connectivity index (χ0n) is 5.89. The molecular weight excluding hydrogens is 142 g/mol. The smallest absolute Gasteiger partial charge is 0.000871 e. The van der Waals surface area contributed by atoms with Gasteiger partial charge in [0, 0.05) is 6.54 Å². The second kappa shape index (κ2) is 9.31.